The molecule has 392 valence electrons. The van der Waals surface area contributed by atoms with E-state index in [9.17, 15) is 20.1 Å². The van der Waals surface area contributed by atoms with Gasteiger partial charge in [-0.2, -0.15) is 0 Å². The molecule has 0 saturated heterocycles. The Morgan fingerprint density at radius 3 is 2.53 bits per heavy atom. The fourth-order valence-corrected chi connectivity index (χ4v) is 20.7. The van der Waals surface area contributed by atoms with Crippen LogP contribution in [-0.2, 0) is 11.2 Å². The highest BCUT2D eigenvalue weighted by atomic mass is 16.4. The third-order valence-electron chi connectivity index (χ3n) is 23.6. The highest BCUT2D eigenvalue weighted by molar-refractivity contribution is 5.78. The molecule has 4 fully saturated rings. The summed E-state index contributed by atoms with van der Waals surface area (Å²) < 4.78 is 0. The van der Waals surface area contributed by atoms with Crippen molar-refractivity contribution in [1.29, 1.82) is 0 Å². The molecular formula is C68H86N2O4. The quantitative estimate of drug-likeness (QED) is 0.196. The Labute approximate surface area is 442 Å². The molecule has 6 aliphatic heterocycles. The molecule has 6 nitrogen and oxygen atoms in total. The molecule has 15 aliphatic rings. The maximum atomic E-state index is 14.2. The van der Waals surface area contributed by atoms with Crippen LogP contribution in [0.2, 0.25) is 0 Å². The predicted molar refractivity (Wildman–Crippen MR) is 298 cm³/mol. The average molecular weight is 995 g/mol. The Morgan fingerprint density at radius 2 is 1.73 bits per heavy atom. The molecule has 4 saturated carbocycles. The number of carboxylic acids is 1. The van der Waals surface area contributed by atoms with Crippen molar-refractivity contribution < 1.29 is 20.1 Å². The zero-order valence-electron chi connectivity index (χ0n) is 45.3. The molecule has 74 heavy (non-hydrogen) atoms. The van der Waals surface area contributed by atoms with Gasteiger partial charge in [-0.15, -0.1) is 0 Å². The largest absolute Gasteiger partial charge is 0.481 e. The second kappa shape index (κ2) is 18.1. The molecule has 6 heteroatoms. The van der Waals surface area contributed by atoms with Crippen LogP contribution in [0.3, 0.4) is 0 Å². The van der Waals surface area contributed by atoms with E-state index in [1.165, 1.54) is 76.0 Å². The van der Waals surface area contributed by atoms with Gasteiger partial charge >= 0.3 is 5.97 Å². The number of hydrogen-bond acceptors (Lipinski definition) is 5. The van der Waals surface area contributed by atoms with E-state index in [1.54, 1.807) is 16.7 Å². The van der Waals surface area contributed by atoms with Crippen molar-refractivity contribution in [2.75, 3.05) is 13.1 Å². The normalized spacial score (nSPS) is 40.5. The molecule has 9 aliphatic carbocycles. The maximum Gasteiger partial charge on any atom is 0.306 e. The summed E-state index contributed by atoms with van der Waals surface area (Å²) in [4.78, 5) is 14.2. The number of nitrogens with one attached hydrogen (secondary N) is 2. The van der Waals surface area contributed by atoms with E-state index in [1.807, 2.05) is 0 Å². The van der Waals surface area contributed by atoms with Gasteiger partial charge in [-0.05, 0) is 182 Å². The van der Waals surface area contributed by atoms with Crippen molar-refractivity contribution in [3.8, 4) is 0 Å². The third-order valence-corrected chi connectivity index (χ3v) is 23.6. The van der Waals surface area contributed by atoms with E-state index in [2.05, 4.69) is 117 Å². The molecule has 0 unspecified atom stereocenters. The van der Waals surface area contributed by atoms with Gasteiger partial charge in [-0.25, -0.2) is 0 Å². The number of fused-ring (bicyclic) bond motifs is 1. The fourth-order valence-electron chi connectivity index (χ4n) is 20.7. The van der Waals surface area contributed by atoms with Crippen molar-refractivity contribution in [2.45, 2.75) is 168 Å². The average Bonchev–Trinajstić information content (AvgIpc) is 3.78. The maximum absolute atomic E-state index is 14.2. The number of allylic oxidation sites excluding steroid dienone is 9. The SMILES string of the molecule is C=C1CC[C@@H](C(=O)O)[C@H]2[C@H](O)C[C@@]34CCC[C@@H](CC5=C3C[C@]36C=C7C(=c8ccccc8=C[C@H]7[C@@]57CC[C@H](O)[C@@](C)(CC=C3CC(C)C)[C@@H]76)Cc3cccc(c3)C3=CC=C(NCCC[C@H]1C1CCCCC1)NC3)[C@]24C. The second-order valence-corrected chi connectivity index (χ2v) is 27.2. The molecule has 6 heterocycles. The second-order valence-electron chi connectivity index (χ2n) is 27.2. The Balaban J connectivity index is 1.03. The standard InChI is InChI=1S/C68H86N2O4/c1-41(2)32-49-26-29-64(4)59(72)27-30-68-55-35-46-17-9-10-20-51(46)53-34-43-14-11-18-45(33-43)47-23-25-60(70-40-47)69-31-13-21-50(44-15-7-6-8-16-44)42(3)22-24-52(62(73)74)61-58(71)39-67-28-12-19-48(65(61,67)5)36-56(68)57(67)38-66(49,63(64)68)37-54(53)55/h9-11,14,17-18,20,23,25-26,33,35,37,41,44,48,50,52,55,58-59,61,63,69-72H,3,6-8,12-13,15-16,19,21-22,24,27-32,34,36,38-40H2,1-2,4-5H3,(H,73,74)/t48-,50+,52+,55+,58+,59-,61-,63+,64+,65+,66+,67-,68-/m0/s1. The topological polar surface area (TPSA) is 102 Å². The van der Waals surface area contributed by atoms with Gasteiger partial charge in [0.2, 0.25) is 0 Å². The van der Waals surface area contributed by atoms with Gasteiger partial charge in [-0.3, -0.25) is 4.79 Å². The van der Waals surface area contributed by atoms with Crippen LogP contribution in [-0.4, -0.2) is 46.6 Å². The summed E-state index contributed by atoms with van der Waals surface area (Å²) in [7, 11) is 0. The molecule has 13 atom stereocenters. The molecule has 2 aromatic carbocycles. The lowest BCUT2D eigenvalue weighted by atomic mass is 9.29. The lowest BCUT2D eigenvalue weighted by Gasteiger charge is -2.75. The van der Waals surface area contributed by atoms with Crippen LogP contribution in [0.25, 0.3) is 17.2 Å². The van der Waals surface area contributed by atoms with E-state index in [0.717, 1.165) is 96.0 Å². The van der Waals surface area contributed by atoms with Crippen LogP contribution in [0, 0.1) is 74.4 Å². The molecule has 17 rings (SSSR count). The summed E-state index contributed by atoms with van der Waals surface area (Å²) in [5.41, 5.74) is 11.5. The number of hydrogen-bond donors (Lipinski definition) is 5. The number of carbonyl (C=O) groups is 1. The van der Waals surface area contributed by atoms with E-state index in [0.29, 0.717) is 37.0 Å². The molecule has 0 radical (unpaired) electrons. The minimum absolute atomic E-state index is 0.141. The smallest absolute Gasteiger partial charge is 0.306 e. The number of aliphatic hydroxyl groups is 2. The predicted octanol–water partition coefficient (Wildman–Crippen LogP) is 12.3. The van der Waals surface area contributed by atoms with Crippen LogP contribution in [0.5, 0.6) is 0 Å². The number of aliphatic hydroxyl groups excluding tert-OH is 2. The van der Waals surface area contributed by atoms with Gasteiger partial charge in [0, 0.05) is 46.6 Å². The summed E-state index contributed by atoms with van der Waals surface area (Å²) in [5.74, 6) is 1.48. The van der Waals surface area contributed by atoms with Crippen LogP contribution in [0.1, 0.15) is 161 Å². The summed E-state index contributed by atoms with van der Waals surface area (Å²) in [6.45, 7) is 16.3. The first kappa shape index (κ1) is 49.2. The minimum atomic E-state index is -0.726. The summed E-state index contributed by atoms with van der Waals surface area (Å²) in [6.07, 6.45) is 31.6. The van der Waals surface area contributed by atoms with Gasteiger partial charge in [-0.1, -0.05) is 155 Å². The van der Waals surface area contributed by atoms with Crippen molar-refractivity contribution >= 4 is 23.2 Å². The lowest BCUT2D eigenvalue weighted by Crippen LogP contribution is -2.69. The molecule has 0 amide bonds. The molecule has 2 aromatic rings. The van der Waals surface area contributed by atoms with E-state index >= 15 is 0 Å². The first-order valence-electron chi connectivity index (χ1n) is 29.9. The van der Waals surface area contributed by atoms with Gasteiger partial charge in [0.15, 0.2) is 0 Å². The number of aliphatic carboxylic acids is 1. The highest BCUT2D eigenvalue weighted by Gasteiger charge is 2.77. The van der Waals surface area contributed by atoms with Crippen LogP contribution in [0.15, 0.2) is 113 Å². The van der Waals surface area contributed by atoms with Gasteiger partial charge in [0.25, 0.3) is 0 Å². The Bertz CT molecular complexity index is 2950. The number of rotatable bonds is 4. The first-order chi connectivity index (χ1) is 35.7. The van der Waals surface area contributed by atoms with E-state index in [-0.39, 0.29) is 56.9 Å². The summed E-state index contributed by atoms with van der Waals surface area (Å²) in [6, 6.07) is 18.6. The molecule has 2 spiro atoms. The molecular weight excluding hydrogens is 909 g/mol. The third kappa shape index (κ3) is 7.10. The zero-order valence-corrected chi connectivity index (χ0v) is 45.3. The number of dihydropyridines is 1. The monoisotopic (exact) mass is 995 g/mol. The minimum Gasteiger partial charge on any atom is -0.481 e. The number of benzene rings is 2. The Hall–Kier alpha value is -4.39. The van der Waals surface area contributed by atoms with Gasteiger partial charge in [0.1, 0.15) is 0 Å². The Morgan fingerprint density at radius 1 is 0.892 bits per heavy atom. The highest BCUT2D eigenvalue weighted by Crippen LogP contribution is 2.84. The molecule has 5 N–H and O–H groups in total. The van der Waals surface area contributed by atoms with Gasteiger partial charge in [0.05, 0.1) is 23.9 Å². The van der Waals surface area contributed by atoms with Crippen molar-refractivity contribution in [3.63, 3.8) is 0 Å². The molecule has 15 bridgehead atoms. The fraction of sp³-hybridized carbons (Fsp3) is 0.603. The Kier molecular flexibility index (Phi) is 12.0. The summed E-state index contributed by atoms with van der Waals surface area (Å²) in [5, 5.41) is 47.6. The van der Waals surface area contributed by atoms with Crippen LogP contribution < -0.4 is 21.1 Å². The lowest BCUT2D eigenvalue weighted by molar-refractivity contribution is -0.173. The van der Waals surface area contributed by atoms with Crippen LogP contribution >= 0.6 is 0 Å². The van der Waals surface area contributed by atoms with Crippen molar-refractivity contribution in [1.82, 2.24) is 10.6 Å². The van der Waals surface area contributed by atoms with E-state index in [4.69, 9.17) is 6.58 Å². The van der Waals surface area contributed by atoms with Crippen molar-refractivity contribution in [2.24, 2.45) is 74.4 Å². The molecule has 0 aromatic heterocycles. The van der Waals surface area contributed by atoms with Gasteiger partial charge < -0.3 is 26.0 Å². The first-order valence-corrected chi connectivity index (χ1v) is 29.9. The van der Waals surface area contributed by atoms with Crippen LogP contribution in [0.4, 0.5) is 0 Å². The zero-order chi connectivity index (χ0) is 50.9. The van der Waals surface area contributed by atoms with E-state index < -0.39 is 18.0 Å². The van der Waals surface area contributed by atoms with Crippen molar-refractivity contribution in [3.05, 3.63) is 135 Å². The summed E-state index contributed by atoms with van der Waals surface area (Å²) >= 11 is 0. The number of carboxylic acid groups (broad SMARTS) is 1.